The molecule has 0 aromatic rings. The average Bonchev–Trinajstić information content (AvgIpc) is 2.05. The first kappa shape index (κ1) is 10.5. The van der Waals surface area contributed by atoms with Crippen molar-refractivity contribution in [3.8, 4) is 0 Å². The SMILES string of the molecule is CCCCC(C=NOC)CC. The van der Waals surface area contributed by atoms with Crippen LogP contribution < -0.4 is 0 Å². The van der Waals surface area contributed by atoms with E-state index in [0.29, 0.717) is 5.92 Å². The highest BCUT2D eigenvalue weighted by atomic mass is 16.6. The van der Waals surface area contributed by atoms with Gasteiger partial charge >= 0.3 is 0 Å². The van der Waals surface area contributed by atoms with Gasteiger partial charge in [0.15, 0.2) is 0 Å². The first-order chi connectivity index (χ1) is 5.35. The molecule has 0 spiro atoms. The van der Waals surface area contributed by atoms with Crippen LogP contribution in [0.4, 0.5) is 0 Å². The molecule has 0 aliphatic carbocycles. The lowest BCUT2D eigenvalue weighted by atomic mass is 10.0. The first-order valence-corrected chi connectivity index (χ1v) is 4.41. The summed E-state index contributed by atoms with van der Waals surface area (Å²) in [5.74, 6) is 0.606. The van der Waals surface area contributed by atoms with Crippen LogP contribution in [0.3, 0.4) is 0 Å². The second-order valence-electron chi connectivity index (χ2n) is 2.75. The van der Waals surface area contributed by atoms with Crippen molar-refractivity contribution in [2.75, 3.05) is 7.11 Å². The molecule has 0 aliphatic heterocycles. The van der Waals surface area contributed by atoms with E-state index < -0.39 is 0 Å². The van der Waals surface area contributed by atoms with E-state index in [2.05, 4.69) is 23.8 Å². The minimum Gasteiger partial charge on any atom is -0.399 e. The molecule has 1 unspecified atom stereocenters. The summed E-state index contributed by atoms with van der Waals surface area (Å²) in [6, 6.07) is 0. The quantitative estimate of drug-likeness (QED) is 0.429. The molecule has 1 atom stereocenters. The molecule has 0 amide bonds. The summed E-state index contributed by atoms with van der Waals surface area (Å²) in [6.45, 7) is 4.39. The minimum absolute atomic E-state index is 0.606. The summed E-state index contributed by atoms with van der Waals surface area (Å²) in [6.07, 6.45) is 6.86. The predicted molar refractivity (Wildman–Crippen MR) is 48.8 cm³/mol. The monoisotopic (exact) mass is 157 g/mol. The second kappa shape index (κ2) is 7.58. The van der Waals surface area contributed by atoms with Gasteiger partial charge < -0.3 is 4.84 Å². The first-order valence-electron chi connectivity index (χ1n) is 4.41. The molecule has 0 saturated heterocycles. The van der Waals surface area contributed by atoms with Gasteiger partial charge in [0.1, 0.15) is 7.11 Å². The summed E-state index contributed by atoms with van der Waals surface area (Å²) in [7, 11) is 1.59. The Kier molecular flexibility index (Phi) is 7.21. The van der Waals surface area contributed by atoms with Crippen LogP contribution in [-0.4, -0.2) is 13.3 Å². The predicted octanol–water partition coefficient (Wildman–Crippen LogP) is 2.84. The summed E-state index contributed by atoms with van der Waals surface area (Å²) in [5.41, 5.74) is 0. The fourth-order valence-electron chi connectivity index (χ4n) is 0.997. The molecule has 66 valence electrons. The van der Waals surface area contributed by atoms with Crippen LogP contribution >= 0.6 is 0 Å². The van der Waals surface area contributed by atoms with Crippen molar-refractivity contribution in [2.24, 2.45) is 11.1 Å². The molecular formula is C9H19NO. The van der Waals surface area contributed by atoms with Crippen molar-refractivity contribution in [1.82, 2.24) is 0 Å². The fraction of sp³-hybridized carbons (Fsp3) is 0.889. The molecule has 0 bridgehead atoms. The van der Waals surface area contributed by atoms with Crippen LogP contribution in [0.15, 0.2) is 5.16 Å². The Labute approximate surface area is 69.6 Å². The van der Waals surface area contributed by atoms with Gasteiger partial charge in [-0.1, -0.05) is 31.8 Å². The topological polar surface area (TPSA) is 21.6 Å². The molecule has 0 aromatic heterocycles. The zero-order chi connectivity index (χ0) is 8.53. The molecule has 0 fully saturated rings. The van der Waals surface area contributed by atoms with Crippen LogP contribution in [-0.2, 0) is 4.84 Å². The van der Waals surface area contributed by atoms with Gasteiger partial charge in [-0.2, -0.15) is 0 Å². The van der Waals surface area contributed by atoms with E-state index in [1.54, 1.807) is 7.11 Å². The van der Waals surface area contributed by atoms with Gasteiger partial charge in [0.2, 0.25) is 0 Å². The Morgan fingerprint density at radius 1 is 1.45 bits per heavy atom. The zero-order valence-corrected chi connectivity index (χ0v) is 7.84. The normalized spacial score (nSPS) is 13.7. The van der Waals surface area contributed by atoms with E-state index in [-0.39, 0.29) is 0 Å². The molecule has 0 heterocycles. The van der Waals surface area contributed by atoms with Crippen LogP contribution in [0.5, 0.6) is 0 Å². The van der Waals surface area contributed by atoms with Gasteiger partial charge in [-0.3, -0.25) is 0 Å². The Morgan fingerprint density at radius 2 is 2.18 bits per heavy atom. The second-order valence-corrected chi connectivity index (χ2v) is 2.75. The van der Waals surface area contributed by atoms with E-state index in [4.69, 9.17) is 0 Å². The standard InChI is InChI=1S/C9H19NO/c1-4-6-7-9(5-2)8-10-11-3/h8-9H,4-7H2,1-3H3. The zero-order valence-electron chi connectivity index (χ0n) is 7.84. The third-order valence-electron chi connectivity index (χ3n) is 1.83. The van der Waals surface area contributed by atoms with Gasteiger partial charge in [-0.15, -0.1) is 0 Å². The molecule has 0 radical (unpaired) electrons. The summed E-state index contributed by atoms with van der Waals surface area (Å²) in [5, 5.41) is 3.77. The Hall–Kier alpha value is -0.530. The summed E-state index contributed by atoms with van der Waals surface area (Å²) < 4.78 is 0. The number of rotatable bonds is 6. The Morgan fingerprint density at radius 3 is 2.64 bits per heavy atom. The van der Waals surface area contributed by atoms with E-state index in [0.717, 1.165) is 6.42 Å². The molecular weight excluding hydrogens is 138 g/mol. The van der Waals surface area contributed by atoms with Crippen LogP contribution in [0.1, 0.15) is 39.5 Å². The van der Waals surface area contributed by atoms with Crippen molar-refractivity contribution in [1.29, 1.82) is 0 Å². The van der Waals surface area contributed by atoms with Crippen molar-refractivity contribution >= 4 is 6.21 Å². The molecule has 0 aromatic carbocycles. The molecule has 2 heteroatoms. The van der Waals surface area contributed by atoms with Crippen molar-refractivity contribution < 1.29 is 4.84 Å². The highest BCUT2D eigenvalue weighted by Crippen LogP contribution is 2.09. The van der Waals surface area contributed by atoms with Gasteiger partial charge in [0.05, 0.1) is 0 Å². The van der Waals surface area contributed by atoms with Crippen LogP contribution in [0.25, 0.3) is 0 Å². The highest BCUT2D eigenvalue weighted by Gasteiger charge is 2.00. The van der Waals surface area contributed by atoms with Crippen molar-refractivity contribution in [3.63, 3.8) is 0 Å². The molecule has 0 aliphatic rings. The van der Waals surface area contributed by atoms with E-state index >= 15 is 0 Å². The lowest BCUT2D eigenvalue weighted by Crippen LogP contribution is -2.00. The van der Waals surface area contributed by atoms with E-state index in [9.17, 15) is 0 Å². The number of hydrogen-bond acceptors (Lipinski definition) is 2. The van der Waals surface area contributed by atoms with Gasteiger partial charge in [0, 0.05) is 6.21 Å². The number of unbranched alkanes of at least 4 members (excludes halogenated alkanes) is 1. The number of nitrogens with zero attached hydrogens (tertiary/aromatic N) is 1. The maximum Gasteiger partial charge on any atom is 0.106 e. The maximum absolute atomic E-state index is 4.62. The fourth-order valence-corrected chi connectivity index (χ4v) is 0.997. The van der Waals surface area contributed by atoms with Gasteiger partial charge in [0.25, 0.3) is 0 Å². The molecule has 0 rings (SSSR count). The largest absolute Gasteiger partial charge is 0.399 e. The minimum atomic E-state index is 0.606. The van der Waals surface area contributed by atoms with Crippen molar-refractivity contribution in [3.05, 3.63) is 0 Å². The van der Waals surface area contributed by atoms with Gasteiger partial charge in [-0.05, 0) is 18.8 Å². The molecule has 2 nitrogen and oxygen atoms in total. The lowest BCUT2D eigenvalue weighted by Gasteiger charge is -2.06. The number of hydrogen-bond donors (Lipinski definition) is 0. The molecule has 11 heavy (non-hydrogen) atoms. The number of oxime groups is 1. The lowest BCUT2D eigenvalue weighted by molar-refractivity contribution is 0.213. The summed E-state index contributed by atoms with van der Waals surface area (Å²) >= 11 is 0. The van der Waals surface area contributed by atoms with E-state index in [1.165, 1.54) is 19.3 Å². The third-order valence-corrected chi connectivity index (χ3v) is 1.83. The Bertz CT molecular complexity index is 102. The smallest absolute Gasteiger partial charge is 0.106 e. The van der Waals surface area contributed by atoms with E-state index in [1.807, 2.05) is 6.21 Å². The van der Waals surface area contributed by atoms with Crippen molar-refractivity contribution in [2.45, 2.75) is 39.5 Å². The highest BCUT2D eigenvalue weighted by molar-refractivity contribution is 5.59. The van der Waals surface area contributed by atoms with Gasteiger partial charge in [-0.25, -0.2) is 0 Å². The summed E-state index contributed by atoms with van der Waals surface area (Å²) in [4.78, 5) is 4.62. The molecule has 0 saturated carbocycles. The Balaban J connectivity index is 3.48. The van der Waals surface area contributed by atoms with Crippen LogP contribution in [0.2, 0.25) is 0 Å². The maximum atomic E-state index is 4.62. The van der Waals surface area contributed by atoms with Crippen LogP contribution in [0, 0.1) is 5.92 Å². The molecule has 0 N–H and O–H groups in total. The average molecular weight is 157 g/mol. The third kappa shape index (κ3) is 5.89.